The molecule has 0 aliphatic heterocycles. The molecule has 0 amide bonds. The highest BCUT2D eigenvalue weighted by molar-refractivity contribution is 7.14. The second-order valence-electron chi connectivity index (χ2n) is 6.80. The summed E-state index contributed by atoms with van der Waals surface area (Å²) < 4.78 is 50.8. The van der Waals surface area contributed by atoms with Crippen LogP contribution in [0.2, 0.25) is 0 Å². The zero-order chi connectivity index (χ0) is 21.0. The van der Waals surface area contributed by atoms with Crippen LogP contribution < -0.4 is 14.8 Å². The number of hydrogen-bond acceptors (Lipinski definition) is 5. The molecule has 0 radical (unpaired) electrons. The van der Waals surface area contributed by atoms with Crippen LogP contribution in [0.4, 0.5) is 24.0 Å². The van der Waals surface area contributed by atoms with Crippen LogP contribution in [0.25, 0.3) is 11.3 Å². The number of rotatable bonds is 7. The van der Waals surface area contributed by atoms with Crippen molar-refractivity contribution in [1.82, 2.24) is 4.98 Å². The van der Waals surface area contributed by atoms with Crippen LogP contribution in [0.3, 0.4) is 0 Å². The molecule has 0 unspecified atom stereocenters. The first-order valence-corrected chi connectivity index (χ1v) is 9.85. The van der Waals surface area contributed by atoms with E-state index in [0.717, 1.165) is 23.1 Å². The summed E-state index contributed by atoms with van der Waals surface area (Å²) in [6, 6.07) is 11.3. The first-order valence-electron chi connectivity index (χ1n) is 8.97. The largest absolute Gasteiger partial charge is 0.497 e. The molecule has 3 rings (SSSR count). The van der Waals surface area contributed by atoms with E-state index >= 15 is 0 Å². The Hall–Kier alpha value is -2.74. The standard InChI is InChI=1S/C21H21F3N2O2S/c1-13(2)11-28-19-9-6-15(10-17(19)21(22,23)24)25-20-26-18(12-29-20)14-4-7-16(27-3)8-5-14/h4-10,12-13H,11H2,1-3H3,(H,25,26). The Balaban J connectivity index is 1.80. The zero-order valence-electron chi connectivity index (χ0n) is 16.2. The van der Waals surface area contributed by atoms with E-state index < -0.39 is 11.7 Å². The van der Waals surface area contributed by atoms with Gasteiger partial charge in [0.15, 0.2) is 5.13 Å². The van der Waals surface area contributed by atoms with Gasteiger partial charge in [0.25, 0.3) is 0 Å². The highest BCUT2D eigenvalue weighted by Crippen LogP contribution is 2.39. The third-order valence-corrected chi connectivity index (χ3v) is 4.76. The van der Waals surface area contributed by atoms with Gasteiger partial charge in [0.05, 0.1) is 25.0 Å². The summed E-state index contributed by atoms with van der Waals surface area (Å²) >= 11 is 1.31. The van der Waals surface area contributed by atoms with E-state index in [-0.39, 0.29) is 18.3 Å². The lowest BCUT2D eigenvalue weighted by Gasteiger charge is -2.16. The van der Waals surface area contributed by atoms with Crippen LogP contribution in [0, 0.1) is 5.92 Å². The van der Waals surface area contributed by atoms with Gasteiger partial charge in [-0.15, -0.1) is 11.3 Å². The van der Waals surface area contributed by atoms with Crippen LogP contribution in [0.1, 0.15) is 19.4 Å². The molecule has 4 nitrogen and oxygen atoms in total. The van der Waals surface area contributed by atoms with Crippen molar-refractivity contribution in [2.45, 2.75) is 20.0 Å². The molecule has 154 valence electrons. The maximum absolute atomic E-state index is 13.4. The zero-order valence-corrected chi connectivity index (χ0v) is 17.0. The van der Waals surface area contributed by atoms with E-state index in [2.05, 4.69) is 10.3 Å². The van der Waals surface area contributed by atoms with E-state index in [1.54, 1.807) is 13.2 Å². The summed E-state index contributed by atoms with van der Waals surface area (Å²) in [5, 5.41) is 5.29. The molecule has 0 saturated carbocycles. The minimum Gasteiger partial charge on any atom is -0.497 e. The number of halogens is 3. The predicted octanol–water partition coefficient (Wildman–Crippen LogP) is 6.62. The number of thiazole rings is 1. The van der Waals surface area contributed by atoms with E-state index in [1.165, 1.54) is 17.4 Å². The number of nitrogens with one attached hydrogen (secondary N) is 1. The minimum atomic E-state index is -4.51. The van der Waals surface area contributed by atoms with Crippen molar-refractivity contribution in [3.05, 3.63) is 53.4 Å². The van der Waals surface area contributed by atoms with Gasteiger partial charge in [-0.2, -0.15) is 13.2 Å². The molecule has 1 aromatic heterocycles. The van der Waals surface area contributed by atoms with Gasteiger partial charge in [-0.25, -0.2) is 4.98 Å². The van der Waals surface area contributed by atoms with Gasteiger partial charge in [0.2, 0.25) is 0 Å². The van der Waals surface area contributed by atoms with Gasteiger partial charge in [0, 0.05) is 16.6 Å². The van der Waals surface area contributed by atoms with Gasteiger partial charge in [0.1, 0.15) is 11.5 Å². The van der Waals surface area contributed by atoms with Crippen molar-refractivity contribution < 1.29 is 22.6 Å². The monoisotopic (exact) mass is 422 g/mol. The molecule has 29 heavy (non-hydrogen) atoms. The second-order valence-corrected chi connectivity index (χ2v) is 7.66. The van der Waals surface area contributed by atoms with E-state index in [1.807, 2.05) is 43.5 Å². The lowest BCUT2D eigenvalue weighted by Crippen LogP contribution is -2.12. The van der Waals surface area contributed by atoms with Crippen molar-refractivity contribution in [1.29, 1.82) is 0 Å². The molecule has 0 atom stereocenters. The fourth-order valence-corrected chi connectivity index (χ4v) is 3.30. The lowest BCUT2D eigenvalue weighted by atomic mass is 10.1. The van der Waals surface area contributed by atoms with Crippen LogP contribution in [0.5, 0.6) is 11.5 Å². The molecule has 3 aromatic rings. The van der Waals surface area contributed by atoms with Crippen molar-refractivity contribution in [3.8, 4) is 22.8 Å². The van der Waals surface area contributed by atoms with E-state index in [0.29, 0.717) is 10.8 Å². The Morgan fingerprint density at radius 3 is 2.45 bits per heavy atom. The van der Waals surface area contributed by atoms with Crippen LogP contribution in [0.15, 0.2) is 47.8 Å². The number of hydrogen-bond donors (Lipinski definition) is 1. The fraction of sp³-hybridized carbons (Fsp3) is 0.286. The van der Waals surface area contributed by atoms with Crippen molar-refractivity contribution in [3.63, 3.8) is 0 Å². The SMILES string of the molecule is COc1ccc(-c2csc(Nc3ccc(OCC(C)C)c(C(F)(F)F)c3)n2)cc1. The topological polar surface area (TPSA) is 43.4 Å². The Morgan fingerprint density at radius 2 is 1.83 bits per heavy atom. The summed E-state index contributed by atoms with van der Waals surface area (Å²) in [7, 11) is 1.59. The number of nitrogens with zero attached hydrogens (tertiary/aromatic N) is 1. The smallest absolute Gasteiger partial charge is 0.420 e. The summed E-state index contributed by atoms with van der Waals surface area (Å²) in [5.74, 6) is 0.692. The molecule has 0 fully saturated rings. The third-order valence-electron chi connectivity index (χ3n) is 4.00. The summed E-state index contributed by atoms with van der Waals surface area (Å²) in [4.78, 5) is 4.46. The number of aromatic nitrogens is 1. The first kappa shape index (κ1) is 21.0. The van der Waals surface area contributed by atoms with Crippen LogP contribution >= 0.6 is 11.3 Å². The Kier molecular flexibility index (Phi) is 6.32. The maximum Gasteiger partial charge on any atom is 0.420 e. The predicted molar refractivity (Wildman–Crippen MR) is 109 cm³/mol. The highest BCUT2D eigenvalue weighted by Gasteiger charge is 2.35. The fourth-order valence-electron chi connectivity index (χ4n) is 2.56. The molecule has 1 heterocycles. The van der Waals surface area contributed by atoms with Gasteiger partial charge in [-0.3, -0.25) is 0 Å². The highest BCUT2D eigenvalue weighted by atomic mass is 32.1. The number of benzene rings is 2. The van der Waals surface area contributed by atoms with Gasteiger partial charge < -0.3 is 14.8 Å². The summed E-state index contributed by atoms with van der Waals surface area (Å²) in [6.07, 6.45) is -4.51. The third kappa shape index (κ3) is 5.41. The van der Waals surface area contributed by atoms with Crippen LogP contribution in [-0.2, 0) is 6.18 Å². The Labute approximate surface area is 171 Å². The van der Waals surface area contributed by atoms with E-state index in [9.17, 15) is 13.2 Å². The van der Waals surface area contributed by atoms with Crippen LogP contribution in [-0.4, -0.2) is 18.7 Å². The summed E-state index contributed by atoms with van der Waals surface area (Å²) in [6.45, 7) is 3.98. The van der Waals surface area contributed by atoms with Crippen molar-refractivity contribution in [2.24, 2.45) is 5.92 Å². The van der Waals surface area contributed by atoms with Gasteiger partial charge in [-0.05, 0) is 48.4 Å². The van der Waals surface area contributed by atoms with Gasteiger partial charge in [-0.1, -0.05) is 13.8 Å². The number of ether oxygens (including phenoxy) is 2. The molecular formula is C21H21F3N2O2S. The molecule has 0 aliphatic rings. The lowest BCUT2D eigenvalue weighted by molar-refractivity contribution is -0.139. The second kappa shape index (κ2) is 8.73. The average molecular weight is 422 g/mol. The molecule has 2 aromatic carbocycles. The normalized spacial score (nSPS) is 11.6. The molecule has 1 N–H and O–H groups in total. The molecular weight excluding hydrogens is 401 g/mol. The average Bonchev–Trinajstić information content (AvgIpc) is 3.14. The summed E-state index contributed by atoms with van der Waals surface area (Å²) in [5.41, 5.74) is 1.11. The molecule has 0 spiro atoms. The number of anilines is 2. The molecule has 0 aliphatic carbocycles. The number of methoxy groups -OCH3 is 1. The van der Waals surface area contributed by atoms with Crippen molar-refractivity contribution in [2.75, 3.05) is 19.0 Å². The minimum absolute atomic E-state index is 0.126. The molecule has 0 bridgehead atoms. The Morgan fingerprint density at radius 1 is 1.10 bits per heavy atom. The molecule has 0 saturated heterocycles. The van der Waals surface area contributed by atoms with E-state index in [4.69, 9.17) is 9.47 Å². The van der Waals surface area contributed by atoms with Gasteiger partial charge >= 0.3 is 6.18 Å². The first-order chi connectivity index (χ1) is 13.8. The quantitative estimate of drug-likeness (QED) is 0.465. The maximum atomic E-state index is 13.4. The van der Waals surface area contributed by atoms with Crippen molar-refractivity contribution >= 4 is 22.2 Å². The number of alkyl halides is 3. The molecule has 8 heteroatoms. The Bertz CT molecular complexity index is 953.